The Balaban J connectivity index is 1.27. The van der Waals surface area contributed by atoms with Gasteiger partial charge in [0.2, 0.25) is 0 Å². The molecular formula is C32H33FN6O3. The number of benzene rings is 2. The Morgan fingerprint density at radius 3 is 2.74 bits per heavy atom. The lowest BCUT2D eigenvalue weighted by Gasteiger charge is -2.31. The Hall–Kier alpha value is -4.28. The van der Waals surface area contributed by atoms with Crippen LogP contribution in [-0.4, -0.2) is 38.2 Å². The number of carbonyl (C=O) groups is 1. The van der Waals surface area contributed by atoms with Crippen LogP contribution < -0.4 is 21.1 Å². The molecule has 9 nitrogen and oxygen atoms in total. The molecule has 4 aromatic rings. The van der Waals surface area contributed by atoms with Crippen molar-refractivity contribution in [2.75, 3.05) is 23.3 Å². The summed E-state index contributed by atoms with van der Waals surface area (Å²) in [5, 5.41) is 17.1. The van der Waals surface area contributed by atoms with E-state index < -0.39 is 12.4 Å². The number of aliphatic hydroxyl groups excluding tert-OH is 1. The average Bonchev–Trinajstić information content (AvgIpc) is 3.39. The van der Waals surface area contributed by atoms with Crippen molar-refractivity contribution in [2.24, 2.45) is 7.05 Å². The van der Waals surface area contributed by atoms with Gasteiger partial charge >= 0.3 is 0 Å². The molecular weight excluding hydrogens is 535 g/mol. The van der Waals surface area contributed by atoms with Crippen molar-refractivity contribution in [3.05, 3.63) is 92.4 Å². The van der Waals surface area contributed by atoms with Gasteiger partial charge in [-0.05, 0) is 85.7 Å². The second kappa shape index (κ2) is 10.5. The maximum atomic E-state index is 15.2. The number of rotatable bonds is 5. The summed E-state index contributed by atoms with van der Waals surface area (Å²) < 4.78 is 18.7. The lowest BCUT2D eigenvalue weighted by Crippen LogP contribution is -2.41. The van der Waals surface area contributed by atoms with Crippen LogP contribution in [0.1, 0.15) is 51.3 Å². The predicted molar refractivity (Wildman–Crippen MR) is 159 cm³/mol. The van der Waals surface area contributed by atoms with Gasteiger partial charge in [0, 0.05) is 55.4 Å². The summed E-state index contributed by atoms with van der Waals surface area (Å²) in [7, 11) is 1.61. The summed E-state index contributed by atoms with van der Waals surface area (Å²) >= 11 is 0. The van der Waals surface area contributed by atoms with Crippen molar-refractivity contribution in [1.82, 2.24) is 19.4 Å². The van der Waals surface area contributed by atoms with Gasteiger partial charge in [-0.25, -0.2) is 9.37 Å². The number of nitrogens with zero attached hydrogens (tertiary/aromatic N) is 4. The maximum Gasteiger partial charge on any atom is 0.293 e. The van der Waals surface area contributed by atoms with E-state index in [4.69, 9.17) is 0 Å². The Bertz CT molecular complexity index is 1790. The molecule has 2 aromatic heterocycles. The molecule has 0 saturated carbocycles. The molecule has 0 saturated heterocycles. The number of hydrogen-bond donors (Lipinski definition) is 3. The van der Waals surface area contributed by atoms with Crippen LogP contribution in [0.15, 0.2) is 47.4 Å². The second-order valence-electron chi connectivity index (χ2n) is 11.4. The van der Waals surface area contributed by atoms with Crippen molar-refractivity contribution in [3.63, 3.8) is 0 Å². The molecule has 42 heavy (non-hydrogen) atoms. The molecule has 216 valence electrons. The minimum atomic E-state index is -0.557. The van der Waals surface area contributed by atoms with Crippen LogP contribution in [-0.2, 0) is 46.0 Å². The highest BCUT2D eigenvalue weighted by molar-refractivity contribution is 6.07. The Morgan fingerprint density at radius 1 is 1.02 bits per heavy atom. The lowest BCUT2D eigenvalue weighted by molar-refractivity contribution is 0.0964. The van der Waals surface area contributed by atoms with E-state index in [1.54, 1.807) is 11.9 Å². The third kappa shape index (κ3) is 4.51. The van der Waals surface area contributed by atoms with Crippen molar-refractivity contribution >= 4 is 23.1 Å². The molecule has 4 heterocycles. The normalized spacial score (nSPS) is 16.2. The first-order valence-electron chi connectivity index (χ1n) is 14.6. The summed E-state index contributed by atoms with van der Waals surface area (Å²) in [6.45, 7) is 2.24. The van der Waals surface area contributed by atoms with Crippen LogP contribution in [0, 0.1) is 5.82 Å². The van der Waals surface area contributed by atoms with Crippen LogP contribution in [0.4, 0.5) is 21.6 Å². The molecule has 0 fully saturated rings. The number of aryl methyl sites for hydroxylation is 2. The van der Waals surface area contributed by atoms with Gasteiger partial charge in [0.05, 0.1) is 18.0 Å². The van der Waals surface area contributed by atoms with Gasteiger partial charge in [-0.2, -0.15) is 0 Å². The minimum absolute atomic E-state index is 0.0936. The van der Waals surface area contributed by atoms with E-state index >= 15 is 4.39 Å². The first-order chi connectivity index (χ1) is 20.4. The molecule has 0 radical (unpaired) electrons. The average molecular weight is 569 g/mol. The smallest absolute Gasteiger partial charge is 0.293 e. The van der Waals surface area contributed by atoms with Crippen LogP contribution in [0.25, 0.3) is 11.3 Å². The molecule has 3 aliphatic rings. The highest BCUT2D eigenvalue weighted by Crippen LogP contribution is 2.36. The van der Waals surface area contributed by atoms with Gasteiger partial charge < -0.3 is 29.8 Å². The largest absolute Gasteiger partial charge is 0.392 e. The third-order valence-corrected chi connectivity index (χ3v) is 8.76. The van der Waals surface area contributed by atoms with E-state index in [1.165, 1.54) is 45.3 Å². The molecule has 7 rings (SSSR count). The third-order valence-electron chi connectivity index (χ3n) is 8.76. The standard InChI is InChI=1S/C32H33FN6O3/c1-37-17-26(36-30(32(37)42)35-23-7-6-21-16-34-9-8-19(21)12-23)24-14-22(33)15-28(25(24)18-40)39-11-10-38-27-5-3-2-4-20(27)13-29(38)31(39)41/h6-7,12-15,17,34,40H,2-5,8-11,16,18H2,1H3,(H,35,36). The zero-order valence-electron chi connectivity index (χ0n) is 23.5. The predicted octanol–water partition coefficient (Wildman–Crippen LogP) is 3.81. The van der Waals surface area contributed by atoms with Crippen molar-refractivity contribution in [2.45, 2.75) is 51.8 Å². The molecule has 0 unspecified atom stereocenters. The Labute approximate surface area is 242 Å². The first-order valence-corrected chi connectivity index (χ1v) is 14.6. The van der Waals surface area contributed by atoms with E-state index in [1.807, 2.05) is 24.3 Å². The Morgan fingerprint density at radius 2 is 1.88 bits per heavy atom. The molecule has 1 amide bonds. The minimum Gasteiger partial charge on any atom is -0.392 e. The van der Waals surface area contributed by atoms with Crippen LogP contribution in [0.2, 0.25) is 0 Å². The van der Waals surface area contributed by atoms with Gasteiger partial charge in [0.15, 0.2) is 5.82 Å². The number of amides is 1. The second-order valence-corrected chi connectivity index (χ2v) is 11.4. The molecule has 0 bridgehead atoms. The van der Waals surface area contributed by atoms with Gasteiger partial charge in [-0.1, -0.05) is 6.07 Å². The van der Waals surface area contributed by atoms with E-state index in [9.17, 15) is 14.7 Å². The molecule has 2 aromatic carbocycles. The SMILES string of the molecule is Cn1cc(-c2cc(F)cc(N3CCn4c(cc5c4CCCC5)C3=O)c2CO)nc(Nc2ccc3c(c2)CCNC3)c1=O. The molecule has 0 atom stereocenters. The lowest BCUT2D eigenvalue weighted by atomic mass is 9.98. The number of halogens is 1. The Kier molecular flexibility index (Phi) is 6.67. The zero-order chi connectivity index (χ0) is 29.0. The summed E-state index contributed by atoms with van der Waals surface area (Å²) in [6, 6.07) is 10.5. The van der Waals surface area contributed by atoms with E-state index in [2.05, 4.69) is 20.2 Å². The number of aromatic nitrogens is 3. The highest BCUT2D eigenvalue weighted by Gasteiger charge is 2.32. The highest BCUT2D eigenvalue weighted by atomic mass is 19.1. The molecule has 1 aliphatic carbocycles. The molecule has 0 spiro atoms. The summed E-state index contributed by atoms with van der Waals surface area (Å²) in [4.78, 5) is 33.0. The van der Waals surface area contributed by atoms with Gasteiger partial charge in [-0.3, -0.25) is 9.59 Å². The molecule has 3 N–H and O–H groups in total. The zero-order valence-corrected chi connectivity index (χ0v) is 23.5. The number of fused-ring (bicyclic) bond motifs is 4. The quantitative estimate of drug-likeness (QED) is 0.338. The number of carbonyl (C=O) groups excluding carboxylic acids is 1. The fourth-order valence-corrected chi connectivity index (χ4v) is 6.63. The summed E-state index contributed by atoms with van der Waals surface area (Å²) in [5.74, 6) is -0.671. The van der Waals surface area contributed by atoms with Crippen molar-refractivity contribution in [3.8, 4) is 11.3 Å². The number of aliphatic hydroxyl groups is 1. The van der Waals surface area contributed by atoms with Crippen LogP contribution in [0.3, 0.4) is 0 Å². The fraction of sp³-hybridized carbons (Fsp3) is 0.344. The van der Waals surface area contributed by atoms with E-state index in [0.717, 1.165) is 50.9 Å². The van der Waals surface area contributed by atoms with Gasteiger partial charge in [0.1, 0.15) is 11.5 Å². The number of nitrogens with one attached hydrogen (secondary N) is 2. The summed E-state index contributed by atoms with van der Waals surface area (Å²) in [6.07, 6.45) is 6.58. The monoisotopic (exact) mass is 568 g/mol. The fourth-order valence-electron chi connectivity index (χ4n) is 6.63. The van der Waals surface area contributed by atoms with E-state index in [-0.39, 0.29) is 17.3 Å². The summed E-state index contributed by atoms with van der Waals surface area (Å²) in [5.41, 5.74) is 7.24. The van der Waals surface area contributed by atoms with Crippen molar-refractivity contribution < 1.29 is 14.3 Å². The molecule has 10 heteroatoms. The van der Waals surface area contributed by atoms with E-state index in [0.29, 0.717) is 41.3 Å². The maximum absolute atomic E-state index is 15.2. The first kappa shape index (κ1) is 26.6. The van der Waals surface area contributed by atoms with Gasteiger partial charge in [-0.15, -0.1) is 0 Å². The van der Waals surface area contributed by atoms with Crippen molar-refractivity contribution in [1.29, 1.82) is 0 Å². The number of hydrogen-bond acceptors (Lipinski definition) is 6. The van der Waals surface area contributed by atoms with Crippen LogP contribution >= 0.6 is 0 Å². The van der Waals surface area contributed by atoms with Gasteiger partial charge in [0.25, 0.3) is 11.5 Å². The van der Waals surface area contributed by atoms with Crippen LogP contribution in [0.5, 0.6) is 0 Å². The topological polar surface area (TPSA) is 104 Å². The molecule has 2 aliphatic heterocycles. The number of anilines is 3.